The van der Waals surface area contributed by atoms with Crippen molar-refractivity contribution in [2.45, 2.75) is 59.0 Å². The van der Waals surface area contributed by atoms with Gasteiger partial charge in [0.1, 0.15) is 28.5 Å². The number of ether oxygens (including phenoxy) is 1. The summed E-state index contributed by atoms with van der Waals surface area (Å²) in [6.07, 6.45) is 1.83. The van der Waals surface area contributed by atoms with E-state index in [0.717, 1.165) is 0 Å². The molecule has 162 valence electrons. The normalized spacial score (nSPS) is 23.6. The van der Waals surface area contributed by atoms with Crippen molar-refractivity contribution in [3.63, 3.8) is 0 Å². The number of aromatic nitrogens is 2. The fourth-order valence-corrected chi connectivity index (χ4v) is 4.86. The van der Waals surface area contributed by atoms with Crippen LogP contribution in [0.3, 0.4) is 0 Å². The number of pyridine rings is 1. The Kier molecular flexibility index (Phi) is 4.71. The summed E-state index contributed by atoms with van der Waals surface area (Å²) in [5.74, 6) is 1.02. The molecule has 0 spiro atoms. The van der Waals surface area contributed by atoms with Crippen molar-refractivity contribution in [2.75, 3.05) is 13.1 Å². The summed E-state index contributed by atoms with van der Waals surface area (Å²) in [6, 6.07) is 3.08. The summed E-state index contributed by atoms with van der Waals surface area (Å²) in [7, 11) is 0. The molecule has 0 N–H and O–H groups in total. The molecule has 2 aromatic heterocycles. The van der Waals surface area contributed by atoms with Crippen LogP contribution in [0.25, 0.3) is 5.52 Å². The second-order valence-electron chi connectivity index (χ2n) is 10.4. The van der Waals surface area contributed by atoms with E-state index in [1.807, 2.05) is 34.6 Å². The second kappa shape index (κ2) is 6.79. The Labute approximate surface area is 176 Å². The number of likely N-dealkylation sites (tertiary alicyclic amines) is 1. The van der Waals surface area contributed by atoms with Crippen LogP contribution in [-0.4, -0.2) is 44.9 Å². The molecule has 3 atom stereocenters. The van der Waals surface area contributed by atoms with Crippen LogP contribution in [0, 0.1) is 30.5 Å². The van der Waals surface area contributed by atoms with Crippen LogP contribution in [0.15, 0.2) is 18.3 Å². The highest BCUT2D eigenvalue weighted by atomic mass is 19.1. The summed E-state index contributed by atoms with van der Waals surface area (Å²) >= 11 is 0. The summed E-state index contributed by atoms with van der Waals surface area (Å²) in [6.45, 7) is 12.5. The SMILES string of the molecule is Cc1nc(C(C)(C)CC(=O)C2[C@H]3CN(C(=O)OC(C)(C)C)C[C@@H]23)n2cccc(F)c12. The number of aryl methyl sites for hydroxylation is 1. The molecule has 7 heteroatoms. The van der Waals surface area contributed by atoms with Gasteiger partial charge in [0.05, 0.1) is 5.69 Å². The minimum atomic E-state index is -0.524. The average Bonchev–Trinajstić information content (AvgIpc) is 2.95. The molecule has 0 bridgehead atoms. The highest BCUT2D eigenvalue weighted by Gasteiger charge is 2.60. The van der Waals surface area contributed by atoms with Crippen LogP contribution in [-0.2, 0) is 14.9 Å². The Bertz CT molecular complexity index is 1010. The van der Waals surface area contributed by atoms with E-state index in [-0.39, 0.29) is 35.4 Å². The van der Waals surface area contributed by atoms with Gasteiger partial charge in [0.25, 0.3) is 0 Å². The Balaban J connectivity index is 1.43. The standard InChI is InChI=1S/C23H30FN3O3/c1-13-19-16(24)8-7-9-27(19)20(25-13)23(5,6)10-17(28)18-14-11-26(12-15(14)18)21(29)30-22(2,3)4/h7-9,14-15,18H,10-12H2,1-6H3/t14-,15+,18?. The summed E-state index contributed by atoms with van der Waals surface area (Å²) in [5, 5.41) is 0. The zero-order valence-electron chi connectivity index (χ0n) is 18.5. The van der Waals surface area contributed by atoms with E-state index in [1.165, 1.54) is 6.07 Å². The minimum Gasteiger partial charge on any atom is -0.444 e. The quantitative estimate of drug-likeness (QED) is 0.753. The van der Waals surface area contributed by atoms with E-state index in [4.69, 9.17) is 4.74 Å². The van der Waals surface area contributed by atoms with Crippen molar-refractivity contribution < 1.29 is 18.7 Å². The maximum absolute atomic E-state index is 14.2. The molecule has 2 aromatic rings. The molecule has 0 aromatic carbocycles. The van der Waals surface area contributed by atoms with Crippen molar-refractivity contribution in [1.29, 1.82) is 0 Å². The summed E-state index contributed by atoms with van der Waals surface area (Å²) < 4.78 is 21.4. The summed E-state index contributed by atoms with van der Waals surface area (Å²) in [4.78, 5) is 31.6. The van der Waals surface area contributed by atoms with Gasteiger partial charge in [-0.3, -0.25) is 4.79 Å². The van der Waals surface area contributed by atoms with Gasteiger partial charge in [-0.1, -0.05) is 13.8 Å². The number of rotatable bonds is 4. The van der Waals surface area contributed by atoms with E-state index in [0.29, 0.717) is 36.5 Å². The van der Waals surface area contributed by atoms with Crippen LogP contribution in [0.2, 0.25) is 0 Å². The predicted molar refractivity (Wildman–Crippen MR) is 111 cm³/mol. The molecule has 4 rings (SSSR count). The number of fused-ring (bicyclic) bond motifs is 2. The first kappa shape index (κ1) is 20.8. The van der Waals surface area contributed by atoms with Gasteiger partial charge in [0, 0.05) is 37.0 Å². The number of imidazole rings is 1. The van der Waals surface area contributed by atoms with Gasteiger partial charge in [-0.05, 0) is 51.7 Å². The largest absolute Gasteiger partial charge is 0.444 e. The molecule has 1 saturated carbocycles. The lowest BCUT2D eigenvalue weighted by Crippen LogP contribution is -2.38. The molecular formula is C23H30FN3O3. The number of amides is 1. The maximum atomic E-state index is 14.2. The fraction of sp³-hybridized carbons (Fsp3) is 0.609. The van der Waals surface area contributed by atoms with Gasteiger partial charge in [0.15, 0.2) is 0 Å². The van der Waals surface area contributed by atoms with Crippen molar-refractivity contribution in [1.82, 2.24) is 14.3 Å². The van der Waals surface area contributed by atoms with Gasteiger partial charge in [-0.2, -0.15) is 0 Å². The third kappa shape index (κ3) is 3.59. The molecule has 2 aliphatic rings. The van der Waals surface area contributed by atoms with Crippen molar-refractivity contribution in [2.24, 2.45) is 17.8 Å². The molecule has 1 unspecified atom stereocenters. The molecule has 1 saturated heterocycles. The van der Waals surface area contributed by atoms with Gasteiger partial charge in [-0.25, -0.2) is 14.2 Å². The lowest BCUT2D eigenvalue weighted by atomic mass is 9.84. The van der Waals surface area contributed by atoms with Crippen molar-refractivity contribution in [3.05, 3.63) is 35.7 Å². The Morgan fingerprint density at radius 3 is 2.43 bits per heavy atom. The van der Waals surface area contributed by atoms with Crippen LogP contribution < -0.4 is 0 Å². The third-order valence-electron chi connectivity index (χ3n) is 6.23. The van der Waals surface area contributed by atoms with Crippen LogP contribution in [0.1, 0.15) is 52.6 Å². The first-order valence-electron chi connectivity index (χ1n) is 10.5. The third-order valence-corrected chi connectivity index (χ3v) is 6.23. The van der Waals surface area contributed by atoms with E-state index in [9.17, 15) is 14.0 Å². The highest BCUT2D eigenvalue weighted by Crippen LogP contribution is 2.53. The number of piperidine rings is 1. The highest BCUT2D eigenvalue weighted by molar-refractivity contribution is 5.86. The average molecular weight is 416 g/mol. The smallest absolute Gasteiger partial charge is 0.410 e. The lowest BCUT2D eigenvalue weighted by molar-refractivity contribution is -0.122. The fourth-order valence-electron chi connectivity index (χ4n) is 4.86. The maximum Gasteiger partial charge on any atom is 0.410 e. The van der Waals surface area contributed by atoms with Crippen LogP contribution in [0.5, 0.6) is 0 Å². The summed E-state index contributed by atoms with van der Waals surface area (Å²) in [5.41, 5.74) is 0.0431. The molecular weight excluding hydrogens is 385 g/mol. The van der Waals surface area contributed by atoms with E-state index < -0.39 is 11.0 Å². The number of nitrogens with zero attached hydrogens (tertiary/aromatic N) is 3. The lowest BCUT2D eigenvalue weighted by Gasteiger charge is -2.26. The number of Topliss-reactive ketones (excluding diaryl/α,β-unsaturated/α-hetero) is 1. The molecule has 1 aliphatic heterocycles. The van der Waals surface area contributed by atoms with Crippen molar-refractivity contribution in [3.8, 4) is 0 Å². The number of hydrogen-bond donors (Lipinski definition) is 0. The molecule has 0 radical (unpaired) electrons. The molecule has 6 nitrogen and oxygen atoms in total. The van der Waals surface area contributed by atoms with Gasteiger partial charge in [0.2, 0.25) is 0 Å². The number of halogens is 1. The number of carbonyl (C=O) groups excluding carboxylic acids is 2. The predicted octanol–water partition coefficient (Wildman–Crippen LogP) is 4.13. The zero-order valence-corrected chi connectivity index (χ0v) is 18.5. The van der Waals surface area contributed by atoms with Gasteiger partial charge < -0.3 is 14.0 Å². The van der Waals surface area contributed by atoms with E-state index in [1.54, 1.807) is 28.5 Å². The van der Waals surface area contributed by atoms with Crippen molar-refractivity contribution >= 4 is 17.4 Å². The monoisotopic (exact) mass is 415 g/mol. The minimum absolute atomic E-state index is 0.00739. The Morgan fingerprint density at radius 2 is 1.83 bits per heavy atom. The molecule has 1 amide bonds. The first-order valence-corrected chi connectivity index (χ1v) is 10.5. The molecule has 30 heavy (non-hydrogen) atoms. The van der Waals surface area contributed by atoms with Gasteiger partial charge >= 0.3 is 6.09 Å². The van der Waals surface area contributed by atoms with Crippen LogP contribution >= 0.6 is 0 Å². The molecule has 2 fully saturated rings. The number of ketones is 1. The second-order valence-corrected chi connectivity index (χ2v) is 10.4. The number of hydrogen-bond acceptors (Lipinski definition) is 4. The van der Waals surface area contributed by atoms with E-state index >= 15 is 0 Å². The Morgan fingerprint density at radius 1 is 1.20 bits per heavy atom. The van der Waals surface area contributed by atoms with Crippen LogP contribution in [0.4, 0.5) is 9.18 Å². The zero-order chi connectivity index (χ0) is 22.0. The number of carbonyl (C=O) groups is 2. The van der Waals surface area contributed by atoms with Gasteiger partial charge in [-0.15, -0.1) is 0 Å². The molecule has 3 heterocycles. The topological polar surface area (TPSA) is 63.9 Å². The van der Waals surface area contributed by atoms with E-state index in [2.05, 4.69) is 4.98 Å². The first-order chi connectivity index (χ1) is 13.9. The molecule has 1 aliphatic carbocycles. The Hall–Kier alpha value is -2.44.